The molecular weight excluding hydrogens is 408 g/mol. The molecule has 2 aromatic carbocycles. The summed E-state index contributed by atoms with van der Waals surface area (Å²) >= 11 is 1.25. The van der Waals surface area contributed by atoms with Crippen molar-refractivity contribution in [2.75, 3.05) is 4.90 Å². The number of anilines is 1. The van der Waals surface area contributed by atoms with Gasteiger partial charge in [0.25, 0.3) is 11.7 Å². The van der Waals surface area contributed by atoms with E-state index in [1.807, 2.05) is 13.0 Å². The molecule has 0 saturated carbocycles. The molecule has 1 atom stereocenters. The summed E-state index contributed by atoms with van der Waals surface area (Å²) in [6.07, 6.45) is 0. The standard InChI is InChI=1S/C23H17F2NO3S/c1-12-5-6-13(2)15(10-12)21(27)19-20(18-4-3-9-30-18)26(23(29)22(19)28)17-11-14(24)7-8-16(17)25/h3-11,20,27H,1-2H3/b21-19-. The highest BCUT2D eigenvalue weighted by molar-refractivity contribution is 7.10. The number of hydrogen-bond donors (Lipinski definition) is 1. The number of thiophene rings is 1. The van der Waals surface area contributed by atoms with Gasteiger partial charge in [-0.25, -0.2) is 8.78 Å². The normalized spacial score (nSPS) is 18.3. The van der Waals surface area contributed by atoms with E-state index in [1.165, 1.54) is 11.3 Å². The summed E-state index contributed by atoms with van der Waals surface area (Å²) in [4.78, 5) is 27.4. The number of aliphatic hydroxyl groups excluding tert-OH is 1. The Kier molecular flexibility index (Phi) is 4.99. The molecule has 152 valence electrons. The van der Waals surface area contributed by atoms with Crippen LogP contribution in [0, 0.1) is 25.5 Å². The first-order valence-electron chi connectivity index (χ1n) is 9.16. The molecule has 7 heteroatoms. The van der Waals surface area contributed by atoms with Crippen LogP contribution in [0.25, 0.3) is 5.76 Å². The van der Waals surface area contributed by atoms with Crippen molar-refractivity contribution in [3.05, 3.63) is 92.7 Å². The van der Waals surface area contributed by atoms with Gasteiger partial charge in [-0.1, -0.05) is 23.8 Å². The van der Waals surface area contributed by atoms with Crippen LogP contribution in [-0.2, 0) is 9.59 Å². The van der Waals surface area contributed by atoms with Gasteiger partial charge in [-0.3, -0.25) is 14.5 Å². The summed E-state index contributed by atoms with van der Waals surface area (Å²) in [6, 6.07) is 10.4. The average Bonchev–Trinajstić information content (AvgIpc) is 3.33. The Labute approximate surface area is 175 Å². The van der Waals surface area contributed by atoms with Gasteiger partial charge in [-0.05, 0) is 49.1 Å². The lowest BCUT2D eigenvalue weighted by Gasteiger charge is -2.24. The Balaban J connectivity index is 1.99. The van der Waals surface area contributed by atoms with Crippen molar-refractivity contribution in [2.24, 2.45) is 0 Å². The first-order valence-corrected chi connectivity index (χ1v) is 10.0. The van der Waals surface area contributed by atoms with Crippen molar-refractivity contribution in [3.8, 4) is 0 Å². The summed E-state index contributed by atoms with van der Waals surface area (Å²) in [6.45, 7) is 3.62. The van der Waals surface area contributed by atoms with Crippen LogP contribution in [0.15, 0.2) is 59.5 Å². The van der Waals surface area contributed by atoms with Gasteiger partial charge in [0.15, 0.2) is 0 Å². The Bertz CT molecular complexity index is 1200. The third kappa shape index (κ3) is 3.21. The zero-order chi connectivity index (χ0) is 21.6. The second kappa shape index (κ2) is 7.50. The van der Waals surface area contributed by atoms with Gasteiger partial charge in [0.2, 0.25) is 0 Å². The average molecular weight is 425 g/mol. The van der Waals surface area contributed by atoms with Crippen LogP contribution in [0.4, 0.5) is 14.5 Å². The zero-order valence-electron chi connectivity index (χ0n) is 16.1. The Morgan fingerprint density at radius 3 is 2.53 bits per heavy atom. The first kappa shape index (κ1) is 20.0. The zero-order valence-corrected chi connectivity index (χ0v) is 17.0. The Hall–Kier alpha value is -3.32. The van der Waals surface area contributed by atoms with Gasteiger partial charge in [0.1, 0.15) is 23.4 Å². The van der Waals surface area contributed by atoms with Crippen LogP contribution in [0.5, 0.6) is 0 Å². The maximum Gasteiger partial charge on any atom is 0.300 e. The monoisotopic (exact) mass is 425 g/mol. The van der Waals surface area contributed by atoms with Crippen LogP contribution in [-0.4, -0.2) is 16.8 Å². The molecule has 1 amide bonds. The number of halogens is 2. The SMILES string of the molecule is Cc1ccc(C)c(/C(O)=C2/C(=O)C(=O)N(c3cc(F)ccc3F)C2c2cccs2)c1. The number of Topliss-reactive ketones (excluding diaryl/α,β-unsaturated/α-hetero) is 1. The molecule has 0 radical (unpaired) electrons. The van der Waals surface area contributed by atoms with E-state index in [4.69, 9.17) is 0 Å². The molecular formula is C23H17F2NO3S. The lowest BCUT2D eigenvalue weighted by Crippen LogP contribution is -2.30. The van der Waals surface area contributed by atoms with Crippen LogP contribution in [0.1, 0.15) is 27.6 Å². The van der Waals surface area contributed by atoms with Crippen molar-refractivity contribution in [1.82, 2.24) is 0 Å². The van der Waals surface area contributed by atoms with E-state index < -0.39 is 29.4 Å². The van der Waals surface area contributed by atoms with Crippen molar-refractivity contribution in [3.63, 3.8) is 0 Å². The number of benzene rings is 2. The lowest BCUT2D eigenvalue weighted by atomic mass is 9.96. The van der Waals surface area contributed by atoms with Gasteiger partial charge in [0, 0.05) is 16.5 Å². The molecule has 0 bridgehead atoms. The molecule has 1 fully saturated rings. The number of aryl methyl sites for hydroxylation is 2. The fraction of sp³-hybridized carbons (Fsp3) is 0.130. The number of ketones is 1. The smallest absolute Gasteiger partial charge is 0.300 e. The fourth-order valence-corrected chi connectivity index (χ4v) is 4.43. The van der Waals surface area contributed by atoms with E-state index in [0.717, 1.165) is 28.7 Å². The molecule has 1 saturated heterocycles. The van der Waals surface area contributed by atoms with Gasteiger partial charge < -0.3 is 5.11 Å². The van der Waals surface area contributed by atoms with Gasteiger partial charge in [-0.2, -0.15) is 0 Å². The van der Waals surface area contributed by atoms with Crippen molar-refractivity contribution in [2.45, 2.75) is 19.9 Å². The van der Waals surface area contributed by atoms with Crippen LogP contribution < -0.4 is 4.90 Å². The Morgan fingerprint density at radius 2 is 1.83 bits per heavy atom. The first-order chi connectivity index (χ1) is 14.3. The number of carbonyl (C=O) groups excluding carboxylic acids is 2. The highest BCUT2D eigenvalue weighted by Gasteiger charge is 2.48. The van der Waals surface area contributed by atoms with Crippen LogP contribution >= 0.6 is 11.3 Å². The minimum atomic E-state index is -1.07. The topological polar surface area (TPSA) is 57.6 Å². The molecule has 2 heterocycles. The summed E-state index contributed by atoms with van der Waals surface area (Å²) in [7, 11) is 0. The summed E-state index contributed by atoms with van der Waals surface area (Å²) in [5, 5.41) is 12.8. The molecule has 0 aliphatic carbocycles. The van der Waals surface area contributed by atoms with Crippen LogP contribution in [0.2, 0.25) is 0 Å². The molecule has 30 heavy (non-hydrogen) atoms. The van der Waals surface area contributed by atoms with Gasteiger partial charge in [0.05, 0.1) is 11.3 Å². The lowest BCUT2D eigenvalue weighted by molar-refractivity contribution is -0.132. The third-order valence-electron chi connectivity index (χ3n) is 5.07. The molecule has 3 aromatic rings. The predicted molar refractivity (Wildman–Crippen MR) is 111 cm³/mol. The maximum atomic E-state index is 14.6. The molecule has 1 aliphatic rings. The Morgan fingerprint density at radius 1 is 1.07 bits per heavy atom. The molecule has 1 N–H and O–H groups in total. The van der Waals surface area contributed by atoms with Crippen LogP contribution in [0.3, 0.4) is 0 Å². The second-order valence-electron chi connectivity index (χ2n) is 7.10. The number of nitrogens with zero attached hydrogens (tertiary/aromatic N) is 1. The molecule has 1 unspecified atom stereocenters. The summed E-state index contributed by atoms with van der Waals surface area (Å²) < 4.78 is 28.4. The second-order valence-corrected chi connectivity index (χ2v) is 8.08. The van der Waals surface area contributed by atoms with E-state index in [1.54, 1.807) is 36.6 Å². The number of aliphatic hydroxyl groups is 1. The highest BCUT2D eigenvalue weighted by Crippen LogP contribution is 2.44. The minimum Gasteiger partial charge on any atom is -0.507 e. The summed E-state index contributed by atoms with van der Waals surface area (Å²) in [5.74, 6) is -3.90. The van der Waals surface area contributed by atoms with E-state index in [9.17, 15) is 23.5 Å². The van der Waals surface area contributed by atoms with Crippen molar-refractivity contribution < 1.29 is 23.5 Å². The largest absolute Gasteiger partial charge is 0.507 e. The molecule has 0 spiro atoms. The third-order valence-corrected chi connectivity index (χ3v) is 6.00. The predicted octanol–water partition coefficient (Wildman–Crippen LogP) is 5.27. The van der Waals surface area contributed by atoms with Crippen molar-refractivity contribution in [1.29, 1.82) is 0 Å². The van der Waals surface area contributed by atoms with Gasteiger partial charge >= 0.3 is 0 Å². The number of amides is 1. The molecule has 4 nitrogen and oxygen atoms in total. The fourth-order valence-electron chi connectivity index (χ4n) is 3.60. The number of rotatable bonds is 3. The number of carbonyl (C=O) groups is 2. The quantitative estimate of drug-likeness (QED) is 0.353. The number of hydrogen-bond acceptors (Lipinski definition) is 4. The van der Waals surface area contributed by atoms with E-state index in [-0.39, 0.29) is 17.0 Å². The van der Waals surface area contributed by atoms with Crippen molar-refractivity contribution >= 4 is 34.5 Å². The molecule has 1 aromatic heterocycles. The van der Waals surface area contributed by atoms with E-state index in [0.29, 0.717) is 16.0 Å². The summed E-state index contributed by atoms with van der Waals surface area (Å²) in [5.41, 5.74) is 1.48. The molecule has 4 rings (SSSR count). The maximum absolute atomic E-state index is 14.6. The molecule has 1 aliphatic heterocycles. The highest BCUT2D eigenvalue weighted by atomic mass is 32.1. The van der Waals surface area contributed by atoms with Gasteiger partial charge in [-0.15, -0.1) is 11.3 Å². The van der Waals surface area contributed by atoms with E-state index in [2.05, 4.69) is 0 Å². The minimum absolute atomic E-state index is 0.153. The van der Waals surface area contributed by atoms with E-state index >= 15 is 0 Å².